The van der Waals surface area contributed by atoms with Crippen LogP contribution < -0.4 is 10.5 Å². The van der Waals surface area contributed by atoms with Crippen LogP contribution in [0.5, 0.6) is 0 Å². The molecule has 0 aliphatic heterocycles. The molecule has 0 unspecified atom stereocenters. The SMILES string of the molecule is N=C(N)C1(NS(=O)(=O)c2cnc[nH]2)CCCCC1. The van der Waals surface area contributed by atoms with Crippen LogP contribution in [-0.4, -0.2) is 29.8 Å². The van der Waals surface area contributed by atoms with Gasteiger partial charge in [-0.3, -0.25) is 5.41 Å². The molecule has 5 N–H and O–H groups in total. The molecule has 1 fully saturated rings. The van der Waals surface area contributed by atoms with Gasteiger partial charge in [-0.15, -0.1) is 0 Å². The molecule has 8 heteroatoms. The number of nitrogens with one attached hydrogen (secondary N) is 3. The predicted molar refractivity (Wildman–Crippen MR) is 66.6 cm³/mol. The molecule has 0 aromatic carbocycles. The third kappa shape index (κ3) is 2.39. The molecule has 1 aromatic heterocycles. The molecule has 2 rings (SSSR count). The normalized spacial score (nSPS) is 19.6. The van der Waals surface area contributed by atoms with Gasteiger partial charge in [-0.1, -0.05) is 19.3 Å². The minimum atomic E-state index is -3.71. The van der Waals surface area contributed by atoms with Gasteiger partial charge in [-0.05, 0) is 12.8 Å². The van der Waals surface area contributed by atoms with Gasteiger partial charge in [0.25, 0.3) is 10.0 Å². The molecular formula is C10H17N5O2S. The summed E-state index contributed by atoms with van der Waals surface area (Å²) in [6.07, 6.45) is 6.44. The second-order valence-electron chi connectivity index (χ2n) is 4.58. The molecule has 18 heavy (non-hydrogen) atoms. The Balaban J connectivity index is 2.27. The highest BCUT2D eigenvalue weighted by atomic mass is 32.2. The molecule has 1 aromatic rings. The Bertz CT molecular complexity index is 516. The second kappa shape index (κ2) is 4.69. The summed E-state index contributed by atoms with van der Waals surface area (Å²) in [6.45, 7) is 0. The lowest BCUT2D eigenvalue weighted by Gasteiger charge is -2.36. The fourth-order valence-electron chi connectivity index (χ4n) is 2.28. The van der Waals surface area contributed by atoms with E-state index in [1.165, 1.54) is 12.5 Å². The Morgan fingerprint density at radius 2 is 2.11 bits per heavy atom. The molecule has 0 amide bonds. The van der Waals surface area contributed by atoms with Crippen molar-refractivity contribution < 1.29 is 8.42 Å². The molecule has 1 aliphatic carbocycles. The number of H-pyrrole nitrogens is 1. The van der Waals surface area contributed by atoms with Crippen molar-refractivity contribution in [1.82, 2.24) is 14.7 Å². The molecule has 0 saturated heterocycles. The number of rotatable bonds is 4. The van der Waals surface area contributed by atoms with Gasteiger partial charge in [-0.2, -0.15) is 4.72 Å². The summed E-state index contributed by atoms with van der Waals surface area (Å²) in [5, 5.41) is 7.66. The van der Waals surface area contributed by atoms with Gasteiger partial charge in [0.15, 0.2) is 5.03 Å². The van der Waals surface area contributed by atoms with Crippen LogP contribution in [0.3, 0.4) is 0 Å². The van der Waals surface area contributed by atoms with Crippen LogP contribution in [0.1, 0.15) is 32.1 Å². The highest BCUT2D eigenvalue weighted by molar-refractivity contribution is 7.89. The van der Waals surface area contributed by atoms with Crippen LogP contribution in [0.15, 0.2) is 17.6 Å². The fraction of sp³-hybridized carbons (Fsp3) is 0.600. The van der Waals surface area contributed by atoms with Crippen molar-refractivity contribution in [3.63, 3.8) is 0 Å². The van der Waals surface area contributed by atoms with Gasteiger partial charge in [0.2, 0.25) is 0 Å². The molecule has 1 heterocycles. The van der Waals surface area contributed by atoms with E-state index in [2.05, 4.69) is 14.7 Å². The summed E-state index contributed by atoms with van der Waals surface area (Å²) in [4.78, 5) is 6.24. The van der Waals surface area contributed by atoms with Crippen LogP contribution in [-0.2, 0) is 10.0 Å². The molecule has 1 saturated carbocycles. The molecule has 7 nitrogen and oxygen atoms in total. The lowest BCUT2D eigenvalue weighted by Crippen LogP contribution is -2.58. The van der Waals surface area contributed by atoms with Crippen LogP contribution in [0, 0.1) is 5.41 Å². The van der Waals surface area contributed by atoms with Gasteiger partial charge in [0, 0.05) is 0 Å². The Morgan fingerprint density at radius 3 is 2.61 bits per heavy atom. The number of nitrogens with two attached hydrogens (primary N) is 1. The Hall–Kier alpha value is -1.41. The summed E-state index contributed by atoms with van der Waals surface area (Å²) < 4.78 is 26.8. The van der Waals surface area contributed by atoms with E-state index in [-0.39, 0.29) is 10.9 Å². The first-order valence-electron chi connectivity index (χ1n) is 5.83. The maximum atomic E-state index is 12.1. The number of hydrogen-bond acceptors (Lipinski definition) is 4. The van der Waals surface area contributed by atoms with E-state index < -0.39 is 15.6 Å². The Labute approximate surface area is 106 Å². The van der Waals surface area contributed by atoms with Crippen LogP contribution in [0.25, 0.3) is 0 Å². The minimum Gasteiger partial charge on any atom is -0.386 e. The minimum absolute atomic E-state index is 0.00583. The number of amidine groups is 1. The lowest BCUT2D eigenvalue weighted by atomic mass is 9.82. The average molecular weight is 271 g/mol. The lowest BCUT2D eigenvalue weighted by molar-refractivity contribution is 0.348. The van der Waals surface area contributed by atoms with Gasteiger partial charge in [-0.25, -0.2) is 13.4 Å². The highest BCUT2D eigenvalue weighted by Gasteiger charge is 2.39. The van der Waals surface area contributed by atoms with Crippen LogP contribution in [0.4, 0.5) is 0 Å². The number of nitrogens with zero attached hydrogens (tertiary/aromatic N) is 1. The van der Waals surface area contributed by atoms with E-state index in [9.17, 15) is 8.42 Å². The third-order valence-corrected chi connectivity index (χ3v) is 4.78. The zero-order chi connectivity index (χ0) is 13.2. The van der Waals surface area contributed by atoms with Gasteiger partial charge in [0.05, 0.1) is 18.1 Å². The largest absolute Gasteiger partial charge is 0.386 e. The average Bonchev–Trinajstić information content (AvgIpc) is 2.83. The summed E-state index contributed by atoms with van der Waals surface area (Å²) in [5.74, 6) is -0.120. The topological polar surface area (TPSA) is 125 Å². The first kappa shape index (κ1) is 13.0. The molecule has 0 bridgehead atoms. The molecule has 0 radical (unpaired) electrons. The third-order valence-electron chi connectivity index (χ3n) is 3.32. The van der Waals surface area contributed by atoms with Gasteiger partial charge in [0.1, 0.15) is 5.84 Å². The van der Waals surface area contributed by atoms with E-state index in [0.29, 0.717) is 12.8 Å². The van der Waals surface area contributed by atoms with Crippen molar-refractivity contribution >= 4 is 15.9 Å². The fourth-order valence-corrected chi connectivity index (χ4v) is 3.63. The van der Waals surface area contributed by atoms with E-state index in [0.717, 1.165) is 19.3 Å². The summed E-state index contributed by atoms with van der Waals surface area (Å²) >= 11 is 0. The zero-order valence-electron chi connectivity index (χ0n) is 9.94. The summed E-state index contributed by atoms with van der Waals surface area (Å²) in [6, 6.07) is 0. The van der Waals surface area contributed by atoms with Crippen LogP contribution in [0.2, 0.25) is 0 Å². The Morgan fingerprint density at radius 1 is 1.44 bits per heavy atom. The summed E-state index contributed by atoms with van der Waals surface area (Å²) in [5.41, 5.74) is 4.65. The molecule has 0 spiro atoms. The number of hydrogen-bond donors (Lipinski definition) is 4. The van der Waals surface area contributed by atoms with E-state index in [4.69, 9.17) is 11.1 Å². The van der Waals surface area contributed by atoms with Crippen molar-refractivity contribution in [1.29, 1.82) is 5.41 Å². The summed E-state index contributed by atoms with van der Waals surface area (Å²) in [7, 11) is -3.71. The van der Waals surface area contributed by atoms with Crippen molar-refractivity contribution in [2.75, 3.05) is 0 Å². The monoisotopic (exact) mass is 271 g/mol. The smallest absolute Gasteiger partial charge is 0.258 e. The van der Waals surface area contributed by atoms with Crippen molar-refractivity contribution in [2.45, 2.75) is 42.7 Å². The molecule has 1 aliphatic rings. The molecule has 100 valence electrons. The first-order chi connectivity index (χ1) is 8.46. The highest BCUT2D eigenvalue weighted by Crippen LogP contribution is 2.29. The molecule has 0 atom stereocenters. The Kier molecular flexibility index (Phi) is 3.40. The van der Waals surface area contributed by atoms with E-state index in [1.807, 2.05) is 0 Å². The zero-order valence-corrected chi connectivity index (χ0v) is 10.8. The number of imidazole rings is 1. The van der Waals surface area contributed by atoms with Crippen LogP contribution >= 0.6 is 0 Å². The second-order valence-corrected chi connectivity index (χ2v) is 6.23. The van der Waals surface area contributed by atoms with Gasteiger partial charge < -0.3 is 10.7 Å². The first-order valence-corrected chi connectivity index (χ1v) is 7.31. The van der Waals surface area contributed by atoms with Crippen molar-refractivity contribution in [3.05, 3.63) is 12.5 Å². The quantitative estimate of drug-likeness (QED) is 0.465. The van der Waals surface area contributed by atoms with E-state index >= 15 is 0 Å². The van der Waals surface area contributed by atoms with Gasteiger partial charge >= 0.3 is 0 Å². The predicted octanol–water partition coefficient (Wildman–Crippen LogP) is 0.327. The number of aromatic nitrogens is 2. The van der Waals surface area contributed by atoms with Crippen molar-refractivity contribution in [3.8, 4) is 0 Å². The number of sulfonamides is 1. The standard InChI is InChI=1S/C10H17N5O2S/c11-9(12)10(4-2-1-3-5-10)15-18(16,17)8-6-13-7-14-8/h6-7,15H,1-5H2,(H3,11,12)(H,13,14). The maximum absolute atomic E-state index is 12.1. The van der Waals surface area contributed by atoms with Crippen molar-refractivity contribution in [2.24, 2.45) is 5.73 Å². The van der Waals surface area contributed by atoms with E-state index in [1.54, 1.807) is 0 Å². The maximum Gasteiger partial charge on any atom is 0.258 e. The molecular weight excluding hydrogens is 254 g/mol. The number of aromatic amines is 1.